The van der Waals surface area contributed by atoms with Crippen molar-refractivity contribution >= 4 is 17.3 Å². The molecule has 1 unspecified atom stereocenters. The molecule has 0 saturated carbocycles. The number of nitrogens with one attached hydrogen (secondary N) is 1. The predicted molar refractivity (Wildman–Crippen MR) is 124 cm³/mol. The first kappa shape index (κ1) is 22.4. The van der Waals surface area contributed by atoms with Gasteiger partial charge in [-0.2, -0.15) is 18.2 Å². The lowest BCUT2D eigenvalue weighted by atomic mass is 9.94. The highest BCUT2D eigenvalue weighted by molar-refractivity contribution is 6.01. The van der Waals surface area contributed by atoms with E-state index in [1.807, 2.05) is 60.7 Å². The zero-order chi connectivity index (χ0) is 24.6. The first-order valence-electron chi connectivity index (χ1n) is 10.8. The fourth-order valence-corrected chi connectivity index (χ4v) is 4.06. The summed E-state index contributed by atoms with van der Waals surface area (Å²) in [6.07, 6.45) is -4.48. The van der Waals surface area contributed by atoms with E-state index in [2.05, 4.69) is 15.5 Å². The topological polar surface area (TPSA) is 71.3 Å². The molecule has 0 fully saturated rings. The molecule has 1 N–H and O–H groups in total. The first-order chi connectivity index (χ1) is 16.8. The van der Waals surface area contributed by atoms with Crippen LogP contribution in [-0.2, 0) is 6.18 Å². The molecular weight excluding hydrogens is 457 g/mol. The van der Waals surface area contributed by atoms with Gasteiger partial charge < -0.3 is 9.84 Å². The maximum Gasteiger partial charge on any atom is 0.416 e. The lowest BCUT2D eigenvalue weighted by Gasteiger charge is -2.35. The third-order valence-electron chi connectivity index (χ3n) is 5.76. The van der Waals surface area contributed by atoms with E-state index in [1.54, 1.807) is 6.92 Å². The second-order valence-corrected chi connectivity index (χ2v) is 7.96. The van der Waals surface area contributed by atoms with Crippen molar-refractivity contribution in [2.45, 2.75) is 19.1 Å². The van der Waals surface area contributed by atoms with Crippen LogP contribution in [0.1, 0.15) is 30.0 Å². The summed E-state index contributed by atoms with van der Waals surface area (Å²) in [6.45, 7) is 1.70. The quantitative estimate of drug-likeness (QED) is 0.367. The standard InChI is InChI=1S/C26H19F3N4O2/c1-16-21(24-31-23(32-35-24)18-10-6-3-7-11-18)22(17-8-4-2-5-9-17)30-25(34)33(16)20-14-12-19(13-15-20)26(27,28)29/h2-15,22H,1H3,(H,30,34). The minimum absolute atomic E-state index is 0.201. The van der Waals surface area contributed by atoms with Crippen LogP contribution in [0.15, 0.2) is 95.1 Å². The summed E-state index contributed by atoms with van der Waals surface area (Å²) in [5, 5.41) is 7.04. The van der Waals surface area contributed by atoms with Crippen molar-refractivity contribution in [2.75, 3.05) is 4.90 Å². The van der Waals surface area contributed by atoms with Crippen molar-refractivity contribution in [3.63, 3.8) is 0 Å². The van der Waals surface area contributed by atoms with Crippen LogP contribution in [0.3, 0.4) is 0 Å². The predicted octanol–water partition coefficient (Wildman–Crippen LogP) is 6.46. The van der Waals surface area contributed by atoms with Gasteiger partial charge in [0, 0.05) is 11.3 Å². The minimum Gasteiger partial charge on any atom is -0.334 e. The SMILES string of the molecule is CC1=C(c2nc(-c3ccccc3)no2)C(c2ccccc2)NC(=O)N1c1ccc(C(F)(F)F)cc1. The van der Waals surface area contributed by atoms with Crippen molar-refractivity contribution in [2.24, 2.45) is 0 Å². The Hall–Kier alpha value is -4.40. The van der Waals surface area contributed by atoms with Crippen molar-refractivity contribution in [3.05, 3.63) is 108 Å². The molecule has 176 valence electrons. The Morgan fingerprint density at radius 3 is 2.17 bits per heavy atom. The molecule has 2 heterocycles. The van der Waals surface area contributed by atoms with Crippen LogP contribution < -0.4 is 10.2 Å². The summed E-state index contributed by atoms with van der Waals surface area (Å²) in [5.74, 6) is 0.581. The molecule has 9 heteroatoms. The molecular formula is C26H19F3N4O2. The lowest BCUT2D eigenvalue weighted by molar-refractivity contribution is -0.137. The molecule has 2 amide bonds. The van der Waals surface area contributed by atoms with E-state index in [4.69, 9.17) is 4.52 Å². The lowest BCUT2D eigenvalue weighted by Crippen LogP contribution is -2.46. The molecule has 0 spiro atoms. The number of hydrogen-bond acceptors (Lipinski definition) is 4. The summed E-state index contributed by atoms with van der Waals surface area (Å²) in [4.78, 5) is 19.0. The molecule has 0 aliphatic carbocycles. The van der Waals surface area contributed by atoms with E-state index < -0.39 is 23.8 Å². The van der Waals surface area contributed by atoms with E-state index in [9.17, 15) is 18.0 Å². The second kappa shape index (κ2) is 8.75. The van der Waals surface area contributed by atoms with Gasteiger partial charge in [0.05, 0.1) is 22.9 Å². The number of nitrogens with zero attached hydrogens (tertiary/aromatic N) is 3. The van der Waals surface area contributed by atoms with Crippen LogP contribution >= 0.6 is 0 Å². The minimum atomic E-state index is -4.48. The van der Waals surface area contributed by atoms with E-state index in [1.165, 1.54) is 17.0 Å². The Kier molecular flexibility index (Phi) is 5.60. The monoisotopic (exact) mass is 476 g/mol. The molecule has 1 aliphatic heterocycles. The smallest absolute Gasteiger partial charge is 0.334 e. The molecule has 0 saturated heterocycles. The normalized spacial score (nSPS) is 16.4. The van der Waals surface area contributed by atoms with Crippen LogP contribution in [0.5, 0.6) is 0 Å². The highest BCUT2D eigenvalue weighted by Gasteiger charge is 2.37. The highest BCUT2D eigenvalue weighted by Crippen LogP contribution is 2.39. The molecule has 1 aromatic heterocycles. The van der Waals surface area contributed by atoms with Gasteiger partial charge in [-0.05, 0) is 36.8 Å². The first-order valence-corrected chi connectivity index (χ1v) is 10.8. The van der Waals surface area contributed by atoms with Gasteiger partial charge in [0.2, 0.25) is 5.82 Å². The Bertz CT molecular complexity index is 1380. The number of urea groups is 1. The summed E-state index contributed by atoms with van der Waals surface area (Å²) >= 11 is 0. The fraction of sp³-hybridized carbons (Fsp3) is 0.115. The number of carbonyl (C=O) groups is 1. The molecule has 3 aromatic carbocycles. The zero-order valence-electron chi connectivity index (χ0n) is 18.5. The number of amides is 2. The third kappa shape index (κ3) is 4.28. The number of anilines is 1. The van der Waals surface area contributed by atoms with E-state index in [-0.39, 0.29) is 11.6 Å². The Balaban J connectivity index is 1.62. The average Bonchev–Trinajstić information content (AvgIpc) is 3.34. The number of allylic oxidation sites excluding steroid dienone is 1. The van der Waals surface area contributed by atoms with Crippen molar-refractivity contribution in [3.8, 4) is 11.4 Å². The van der Waals surface area contributed by atoms with E-state index in [0.717, 1.165) is 23.3 Å². The Morgan fingerprint density at radius 1 is 0.914 bits per heavy atom. The van der Waals surface area contributed by atoms with Gasteiger partial charge in [-0.3, -0.25) is 4.90 Å². The molecule has 0 bridgehead atoms. The molecule has 5 rings (SSSR count). The van der Waals surface area contributed by atoms with Gasteiger partial charge in [0.25, 0.3) is 5.89 Å². The van der Waals surface area contributed by atoms with Crippen molar-refractivity contribution < 1.29 is 22.5 Å². The highest BCUT2D eigenvalue weighted by atomic mass is 19.4. The number of benzene rings is 3. The summed E-state index contributed by atoms with van der Waals surface area (Å²) < 4.78 is 44.8. The van der Waals surface area contributed by atoms with E-state index >= 15 is 0 Å². The maximum absolute atomic E-state index is 13.2. The fourth-order valence-electron chi connectivity index (χ4n) is 4.06. The number of alkyl halides is 3. The number of halogens is 3. The summed E-state index contributed by atoms with van der Waals surface area (Å²) in [5.41, 5.74) is 2.04. The molecule has 6 nitrogen and oxygen atoms in total. The molecule has 35 heavy (non-hydrogen) atoms. The largest absolute Gasteiger partial charge is 0.416 e. The van der Waals surface area contributed by atoms with Gasteiger partial charge in [-0.15, -0.1) is 0 Å². The van der Waals surface area contributed by atoms with Gasteiger partial charge in [-0.1, -0.05) is 65.8 Å². The maximum atomic E-state index is 13.2. The van der Waals surface area contributed by atoms with Gasteiger partial charge in [0.15, 0.2) is 0 Å². The molecule has 0 radical (unpaired) electrons. The number of aromatic nitrogens is 2. The number of hydrogen-bond donors (Lipinski definition) is 1. The summed E-state index contributed by atoms with van der Waals surface area (Å²) in [6, 6.07) is 21.9. The van der Waals surface area contributed by atoms with Crippen LogP contribution in [-0.4, -0.2) is 16.2 Å². The third-order valence-corrected chi connectivity index (χ3v) is 5.76. The average molecular weight is 476 g/mol. The molecule has 4 aromatic rings. The van der Waals surface area contributed by atoms with Gasteiger partial charge in [-0.25, -0.2) is 4.79 Å². The van der Waals surface area contributed by atoms with Crippen LogP contribution in [0.25, 0.3) is 17.0 Å². The van der Waals surface area contributed by atoms with E-state index in [0.29, 0.717) is 17.1 Å². The number of rotatable bonds is 4. The molecule has 1 aliphatic rings. The van der Waals surface area contributed by atoms with Crippen LogP contribution in [0.2, 0.25) is 0 Å². The Labute approximate surface area is 198 Å². The van der Waals surface area contributed by atoms with Crippen molar-refractivity contribution in [1.29, 1.82) is 0 Å². The Morgan fingerprint density at radius 2 is 1.54 bits per heavy atom. The molecule has 1 atom stereocenters. The van der Waals surface area contributed by atoms with Gasteiger partial charge >= 0.3 is 12.2 Å². The summed E-state index contributed by atoms with van der Waals surface area (Å²) in [7, 11) is 0. The zero-order valence-corrected chi connectivity index (χ0v) is 18.5. The second-order valence-electron chi connectivity index (χ2n) is 7.96. The van der Waals surface area contributed by atoms with Crippen LogP contribution in [0, 0.1) is 0 Å². The number of carbonyl (C=O) groups excluding carboxylic acids is 1. The van der Waals surface area contributed by atoms with Gasteiger partial charge in [0.1, 0.15) is 0 Å². The van der Waals surface area contributed by atoms with Crippen LogP contribution in [0.4, 0.5) is 23.7 Å². The van der Waals surface area contributed by atoms with Crippen molar-refractivity contribution in [1.82, 2.24) is 15.5 Å².